The number of hydrogen-bond donors (Lipinski definition) is 0. The van der Waals surface area contributed by atoms with Crippen LogP contribution in [0.3, 0.4) is 0 Å². The third kappa shape index (κ3) is 2.28. The lowest BCUT2D eigenvalue weighted by Crippen LogP contribution is -2.28. The maximum Gasteiger partial charge on any atom is 0.192 e. The molecule has 0 radical (unpaired) electrons. The van der Waals surface area contributed by atoms with Crippen LogP contribution in [0.5, 0.6) is 0 Å². The molecule has 1 aliphatic heterocycles. The predicted molar refractivity (Wildman–Crippen MR) is 76.6 cm³/mol. The third-order valence-electron chi connectivity index (χ3n) is 3.86. The monoisotopic (exact) mass is 254 g/mol. The summed E-state index contributed by atoms with van der Waals surface area (Å²) in [6.07, 6.45) is 2.75. The minimum absolute atomic E-state index is 0.147. The first-order valence-corrected chi connectivity index (χ1v) is 6.91. The van der Waals surface area contributed by atoms with Crippen molar-refractivity contribution >= 4 is 16.6 Å². The average Bonchev–Trinajstić information content (AvgIpc) is 2.47. The first-order chi connectivity index (χ1) is 9.27. The molecule has 0 N–H and O–H groups in total. The normalized spacial score (nSPS) is 19.5. The Balaban J connectivity index is 2.08. The molecule has 1 fully saturated rings. The average molecular weight is 254 g/mol. The molecule has 0 spiro atoms. The molecule has 1 unspecified atom stereocenters. The van der Waals surface area contributed by atoms with Crippen LogP contribution < -0.4 is 0 Å². The van der Waals surface area contributed by atoms with Gasteiger partial charge in [-0.3, -0.25) is 4.79 Å². The van der Waals surface area contributed by atoms with Gasteiger partial charge in [-0.25, -0.2) is 0 Å². The van der Waals surface area contributed by atoms with E-state index in [-0.39, 0.29) is 11.9 Å². The van der Waals surface area contributed by atoms with Crippen molar-refractivity contribution < 1.29 is 9.53 Å². The van der Waals surface area contributed by atoms with Crippen molar-refractivity contribution in [3.05, 3.63) is 47.5 Å². The van der Waals surface area contributed by atoms with E-state index in [0.29, 0.717) is 6.61 Å². The lowest BCUT2D eigenvalue weighted by Gasteiger charge is -2.22. The topological polar surface area (TPSA) is 26.3 Å². The van der Waals surface area contributed by atoms with E-state index in [2.05, 4.69) is 6.07 Å². The quantitative estimate of drug-likeness (QED) is 0.760. The Labute approximate surface area is 113 Å². The number of aryl methyl sites for hydroxylation is 1. The molecule has 2 aromatic rings. The molecule has 1 heterocycles. The van der Waals surface area contributed by atoms with Crippen LogP contribution in [0.2, 0.25) is 0 Å². The smallest absolute Gasteiger partial charge is 0.192 e. The Morgan fingerprint density at radius 1 is 1.16 bits per heavy atom. The van der Waals surface area contributed by atoms with Crippen molar-refractivity contribution in [1.82, 2.24) is 0 Å². The summed E-state index contributed by atoms with van der Waals surface area (Å²) < 4.78 is 5.65. The van der Waals surface area contributed by atoms with Crippen LogP contribution in [-0.4, -0.2) is 18.5 Å². The minimum atomic E-state index is -0.252. The highest BCUT2D eigenvalue weighted by atomic mass is 16.5. The van der Waals surface area contributed by atoms with Crippen molar-refractivity contribution in [2.75, 3.05) is 6.61 Å². The van der Waals surface area contributed by atoms with Crippen molar-refractivity contribution in [2.24, 2.45) is 0 Å². The van der Waals surface area contributed by atoms with Gasteiger partial charge in [0, 0.05) is 12.2 Å². The van der Waals surface area contributed by atoms with E-state index in [1.165, 1.54) is 0 Å². The van der Waals surface area contributed by atoms with Gasteiger partial charge < -0.3 is 4.74 Å². The van der Waals surface area contributed by atoms with Gasteiger partial charge in [0.05, 0.1) is 0 Å². The highest BCUT2D eigenvalue weighted by Gasteiger charge is 2.25. The van der Waals surface area contributed by atoms with Gasteiger partial charge in [-0.1, -0.05) is 36.4 Å². The molecule has 98 valence electrons. The fourth-order valence-corrected chi connectivity index (χ4v) is 2.82. The lowest BCUT2D eigenvalue weighted by molar-refractivity contribution is 0.0187. The minimum Gasteiger partial charge on any atom is -0.370 e. The molecule has 1 aliphatic rings. The van der Waals surface area contributed by atoms with E-state index in [9.17, 15) is 4.79 Å². The Kier molecular flexibility index (Phi) is 3.34. The molecule has 0 saturated carbocycles. The molecule has 1 saturated heterocycles. The summed E-state index contributed by atoms with van der Waals surface area (Å²) in [4.78, 5) is 12.7. The van der Waals surface area contributed by atoms with E-state index < -0.39 is 0 Å². The van der Waals surface area contributed by atoms with E-state index in [1.807, 2.05) is 37.3 Å². The molecule has 0 bridgehead atoms. The number of benzene rings is 2. The summed E-state index contributed by atoms with van der Waals surface area (Å²) in [7, 11) is 0. The van der Waals surface area contributed by atoms with Crippen LogP contribution in [0.4, 0.5) is 0 Å². The van der Waals surface area contributed by atoms with Crippen LogP contribution in [-0.2, 0) is 4.74 Å². The zero-order valence-electron chi connectivity index (χ0n) is 11.2. The molecule has 0 aromatic heterocycles. The summed E-state index contributed by atoms with van der Waals surface area (Å²) in [5, 5.41) is 2.16. The van der Waals surface area contributed by atoms with Gasteiger partial charge in [-0.05, 0) is 42.5 Å². The molecular formula is C17H18O2. The molecule has 2 aromatic carbocycles. The SMILES string of the molecule is Cc1ccc2ccccc2c1C(=O)C1CCCCO1. The number of ketones is 1. The summed E-state index contributed by atoms with van der Waals surface area (Å²) >= 11 is 0. The summed E-state index contributed by atoms with van der Waals surface area (Å²) in [5.41, 5.74) is 1.88. The molecule has 2 heteroatoms. The Morgan fingerprint density at radius 2 is 2.00 bits per heavy atom. The standard InChI is InChI=1S/C17H18O2/c1-12-9-10-13-6-2-3-7-14(13)16(12)17(18)15-8-4-5-11-19-15/h2-3,6-7,9-10,15H,4-5,8,11H2,1H3. The van der Waals surface area contributed by atoms with Gasteiger partial charge in [0.2, 0.25) is 0 Å². The number of hydrogen-bond acceptors (Lipinski definition) is 2. The second-order valence-electron chi connectivity index (χ2n) is 5.20. The highest BCUT2D eigenvalue weighted by molar-refractivity contribution is 6.11. The Hall–Kier alpha value is -1.67. The van der Waals surface area contributed by atoms with Gasteiger partial charge in [0.1, 0.15) is 6.10 Å². The number of carbonyl (C=O) groups is 1. The zero-order chi connectivity index (χ0) is 13.2. The first-order valence-electron chi connectivity index (χ1n) is 6.91. The first kappa shape index (κ1) is 12.4. The maximum atomic E-state index is 12.7. The number of rotatable bonds is 2. The van der Waals surface area contributed by atoms with Crippen molar-refractivity contribution in [2.45, 2.75) is 32.3 Å². The van der Waals surface area contributed by atoms with E-state index in [0.717, 1.165) is 41.2 Å². The second-order valence-corrected chi connectivity index (χ2v) is 5.20. The summed E-state index contributed by atoms with van der Waals surface area (Å²) in [6.45, 7) is 2.71. The largest absolute Gasteiger partial charge is 0.370 e. The fraction of sp³-hybridized carbons (Fsp3) is 0.353. The van der Waals surface area contributed by atoms with Crippen molar-refractivity contribution in [1.29, 1.82) is 0 Å². The van der Waals surface area contributed by atoms with Crippen LogP contribution in [0.25, 0.3) is 10.8 Å². The van der Waals surface area contributed by atoms with Crippen molar-refractivity contribution in [3.63, 3.8) is 0 Å². The molecule has 19 heavy (non-hydrogen) atoms. The summed E-state index contributed by atoms with van der Waals surface area (Å²) in [5.74, 6) is 0.147. The number of Topliss-reactive ketones (excluding diaryl/α,β-unsaturated/α-hetero) is 1. The zero-order valence-corrected chi connectivity index (χ0v) is 11.2. The van der Waals surface area contributed by atoms with E-state index in [1.54, 1.807) is 0 Å². The van der Waals surface area contributed by atoms with Crippen LogP contribution in [0.15, 0.2) is 36.4 Å². The number of carbonyl (C=O) groups excluding carboxylic acids is 1. The number of fused-ring (bicyclic) bond motifs is 1. The molecule has 0 aliphatic carbocycles. The van der Waals surface area contributed by atoms with Gasteiger partial charge in [-0.15, -0.1) is 0 Å². The van der Waals surface area contributed by atoms with Crippen LogP contribution >= 0.6 is 0 Å². The molecule has 2 nitrogen and oxygen atoms in total. The van der Waals surface area contributed by atoms with Crippen LogP contribution in [0.1, 0.15) is 35.2 Å². The lowest BCUT2D eigenvalue weighted by atomic mass is 9.92. The molecular weight excluding hydrogens is 236 g/mol. The third-order valence-corrected chi connectivity index (χ3v) is 3.86. The molecule has 0 amide bonds. The summed E-state index contributed by atoms with van der Waals surface area (Å²) in [6, 6.07) is 12.2. The van der Waals surface area contributed by atoms with Crippen LogP contribution in [0, 0.1) is 6.92 Å². The van der Waals surface area contributed by atoms with Gasteiger partial charge in [0.15, 0.2) is 5.78 Å². The predicted octanol–water partition coefficient (Wildman–Crippen LogP) is 3.90. The molecule has 3 rings (SSSR count). The van der Waals surface area contributed by atoms with E-state index in [4.69, 9.17) is 4.74 Å². The highest BCUT2D eigenvalue weighted by Crippen LogP contribution is 2.26. The van der Waals surface area contributed by atoms with Crippen molar-refractivity contribution in [3.8, 4) is 0 Å². The maximum absolute atomic E-state index is 12.7. The van der Waals surface area contributed by atoms with E-state index >= 15 is 0 Å². The second kappa shape index (κ2) is 5.14. The molecule has 1 atom stereocenters. The van der Waals surface area contributed by atoms with Gasteiger partial charge in [0.25, 0.3) is 0 Å². The van der Waals surface area contributed by atoms with Gasteiger partial charge >= 0.3 is 0 Å². The number of ether oxygens (including phenoxy) is 1. The van der Waals surface area contributed by atoms with Gasteiger partial charge in [-0.2, -0.15) is 0 Å². The Morgan fingerprint density at radius 3 is 2.79 bits per heavy atom. The fourth-order valence-electron chi connectivity index (χ4n) is 2.82. The Bertz CT molecular complexity index is 610.